The van der Waals surface area contributed by atoms with Crippen molar-refractivity contribution in [2.45, 2.75) is 51.4 Å². The topological polar surface area (TPSA) is 63.4 Å². The molecule has 6 nitrogen and oxygen atoms in total. The number of aryl methyl sites for hydroxylation is 3. The van der Waals surface area contributed by atoms with Crippen LogP contribution in [0.15, 0.2) is 18.5 Å². The molecule has 27 heavy (non-hydrogen) atoms. The average Bonchev–Trinajstić information content (AvgIpc) is 3.33. The first-order valence-electron chi connectivity index (χ1n) is 9.77. The molecule has 3 aromatic rings. The van der Waals surface area contributed by atoms with Crippen LogP contribution in [-0.2, 0) is 12.8 Å². The number of hydrogen-bond acceptors (Lipinski definition) is 5. The Morgan fingerprint density at radius 1 is 1.22 bits per heavy atom. The number of fused-ring (bicyclic) bond motifs is 2. The molecule has 1 fully saturated rings. The van der Waals surface area contributed by atoms with E-state index in [0.717, 1.165) is 55.0 Å². The van der Waals surface area contributed by atoms with E-state index in [1.807, 2.05) is 16.3 Å². The normalized spacial score (nSPS) is 20.0. The lowest BCUT2D eigenvalue weighted by atomic mass is 9.94. The fraction of sp³-hybridized carbons (Fsp3) is 0.500. The number of nitrogens with zero attached hydrogens (tertiary/aromatic N) is 5. The monoisotopic (exact) mass is 381 g/mol. The van der Waals surface area contributed by atoms with Crippen LogP contribution in [0, 0.1) is 6.92 Å². The summed E-state index contributed by atoms with van der Waals surface area (Å²) in [6.45, 7) is 3.56. The standard InChI is InChI=1S/C20H23N5OS/c1-13-9-16(25-20(23-13)21-12-22-25)15-6-4-8-24(11-15)19(26)18-10-14-5-2-3-7-17(14)27-18/h9-10,12,15H,2-8,11H2,1H3. The maximum atomic E-state index is 13.2. The largest absolute Gasteiger partial charge is 0.337 e. The number of carbonyl (C=O) groups excluding carboxylic acids is 1. The minimum Gasteiger partial charge on any atom is -0.337 e. The van der Waals surface area contributed by atoms with E-state index in [2.05, 4.69) is 27.2 Å². The van der Waals surface area contributed by atoms with E-state index < -0.39 is 0 Å². The van der Waals surface area contributed by atoms with Crippen molar-refractivity contribution in [2.75, 3.05) is 13.1 Å². The molecular formula is C20H23N5OS. The number of aromatic nitrogens is 4. The molecule has 0 saturated carbocycles. The van der Waals surface area contributed by atoms with Gasteiger partial charge in [0.2, 0.25) is 0 Å². The van der Waals surface area contributed by atoms with Crippen molar-refractivity contribution in [1.29, 1.82) is 0 Å². The van der Waals surface area contributed by atoms with E-state index in [0.29, 0.717) is 5.78 Å². The number of piperidine rings is 1. The molecule has 1 saturated heterocycles. The third-order valence-electron chi connectivity index (χ3n) is 5.74. The van der Waals surface area contributed by atoms with Gasteiger partial charge < -0.3 is 4.90 Å². The van der Waals surface area contributed by atoms with Gasteiger partial charge in [-0.3, -0.25) is 4.79 Å². The van der Waals surface area contributed by atoms with Gasteiger partial charge >= 0.3 is 0 Å². The molecule has 0 spiro atoms. The first-order chi connectivity index (χ1) is 13.2. The minimum atomic E-state index is 0.194. The first-order valence-corrected chi connectivity index (χ1v) is 10.6. The third-order valence-corrected chi connectivity index (χ3v) is 6.97. The summed E-state index contributed by atoms with van der Waals surface area (Å²) in [7, 11) is 0. The zero-order valence-electron chi connectivity index (χ0n) is 15.5. The Bertz CT molecular complexity index is 984. The van der Waals surface area contributed by atoms with Crippen LogP contribution in [0.1, 0.15) is 63.1 Å². The Kier molecular flexibility index (Phi) is 4.19. The molecule has 0 radical (unpaired) electrons. The number of rotatable bonds is 2. The minimum absolute atomic E-state index is 0.194. The summed E-state index contributed by atoms with van der Waals surface area (Å²) >= 11 is 1.71. The van der Waals surface area contributed by atoms with E-state index in [9.17, 15) is 4.79 Å². The molecule has 4 heterocycles. The van der Waals surface area contributed by atoms with Gasteiger partial charge in [-0.25, -0.2) is 9.50 Å². The molecule has 0 bridgehead atoms. The van der Waals surface area contributed by atoms with Gasteiger partial charge in [0.05, 0.1) is 10.6 Å². The molecule has 1 amide bonds. The molecule has 3 aromatic heterocycles. The van der Waals surface area contributed by atoms with Crippen LogP contribution in [0.2, 0.25) is 0 Å². The molecular weight excluding hydrogens is 358 g/mol. The fourth-order valence-electron chi connectivity index (χ4n) is 4.40. The second-order valence-corrected chi connectivity index (χ2v) is 8.79. The molecule has 1 aliphatic carbocycles. The molecule has 1 atom stereocenters. The molecule has 2 aliphatic rings. The summed E-state index contributed by atoms with van der Waals surface area (Å²) in [5.41, 5.74) is 3.45. The highest BCUT2D eigenvalue weighted by atomic mass is 32.1. The van der Waals surface area contributed by atoms with Gasteiger partial charge in [-0.1, -0.05) is 0 Å². The van der Waals surface area contributed by atoms with Crippen molar-refractivity contribution in [3.8, 4) is 0 Å². The molecule has 140 valence electrons. The Morgan fingerprint density at radius 3 is 3.00 bits per heavy atom. The van der Waals surface area contributed by atoms with E-state index >= 15 is 0 Å². The lowest BCUT2D eigenvalue weighted by Crippen LogP contribution is -2.39. The Morgan fingerprint density at radius 2 is 2.11 bits per heavy atom. The summed E-state index contributed by atoms with van der Waals surface area (Å²) in [6, 6.07) is 4.24. The summed E-state index contributed by atoms with van der Waals surface area (Å²) < 4.78 is 1.83. The van der Waals surface area contributed by atoms with Crippen molar-refractivity contribution in [3.63, 3.8) is 0 Å². The highest BCUT2D eigenvalue weighted by Gasteiger charge is 2.29. The quantitative estimate of drug-likeness (QED) is 0.683. The Labute approximate surface area is 162 Å². The van der Waals surface area contributed by atoms with Gasteiger partial charge in [-0.05, 0) is 63.1 Å². The van der Waals surface area contributed by atoms with E-state index in [1.165, 1.54) is 23.3 Å². The third kappa shape index (κ3) is 3.04. The fourth-order valence-corrected chi connectivity index (χ4v) is 5.63. The molecule has 5 rings (SSSR count). The average molecular weight is 382 g/mol. The molecule has 0 aromatic carbocycles. The van der Waals surface area contributed by atoms with Crippen LogP contribution in [0.4, 0.5) is 0 Å². The molecule has 0 N–H and O–H groups in total. The van der Waals surface area contributed by atoms with Crippen LogP contribution in [0.25, 0.3) is 5.78 Å². The van der Waals surface area contributed by atoms with Crippen molar-refractivity contribution in [2.24, 2.45) is 0 Å². The van der Waals surface area contributed by atoms with Crippen LogP contribution in [0.5, 0.6) is 0 Å². The van der Waals surface area contributed by atoms with Crippen molar-refractivity contribution < 1.29 is 4.79 Å². The van der Waals surface area contributed by atoms with E-state index in [-0.39, 0.29) is 11.8 Å². The second kappa shape index (κ2) is 6.71. The molecule has 7 heteroatoms. The van der Waals surface area contributed by atoms with E-state index in [1.54, 1.807) is 17.7 Å². The van der Waals surface area contributed by atoms with E-state index in [4.69, 9.17) is 0 Å². The highest BCUT2D eigenvalue weighted by Crippen LogP contribution is 2.32. The lowest BCUT2D eigenvalue weighted by Gasteiger charge is -2.32. The maximum absolute atomic E-state index is 13.2. The number of hydrogen-bond donors (Lipinski definition) is 0. The Balaban J connectivity index is 1.41. The zero-order valence-corrected chi connectivity index (χ0v) is 16.3. The predicted octanol–water partition coefficient (Wildman–Crippen LogP) is 3.39. The summed E-state index contributed by atoms with van der Waals surface area (Å²) in [5.74, 6) is 1.10. The van der Waals surface area contributed by atoms with Crippen LogP contribution < -0.4 is 0 Å². The second-order valence-electron chi connectivity index (χ2n) is 7.65. The van der Waals surface area contributed by atoms with Gasteiger partial charge in [0, 0.05) is 29.6 Å². The number of likely N-dealkylation sites (tertiary alicyclic amines) is 1. The summed E-state index contributed by atoms with van der Waals surface area (Å²) in [6.07, 6.45) is 8.38. The Hall–Kier alpha value is -2.28. The van der Waals surface area contributed by atoms with Gasteiger partial charge in [0.15, 0.2) is 0 Å². The van der Waals surface area contributed by atoms with Gasteiger partial charge in [-0.15, -0.1) is 11.3 Å². The van der Waals surface area contributed by atoms with Crippen molar-refractivity contribution in [1.82, 2.24) is 24.5 Å². The number of amides is 1. The molecule has 1 aliphatic heterocycles. The molecule has 1 unspecified atom stereocenters. The van der Waals surface area contributed by atoms with Crippen LogP contribution >= 0.6 is 11.3 Å². The maximum Gasteiger partial charge on any atom is 0.263 e. The van der Waals surface area contributed by atoms with Gasteiger partial charge in [-0.2, -0.15) is 10.1 Å². The van der Waals surface area contributed by atoms with Crippen LogP contribution in [0.3, 0.4) is 0 Å². The number of thiophene rings is 1. The van der Waals surface area contributed by atoms with Crippen molar-refractivity contribution >= 4 is 23.0 Å². The lowest BCUT2D eigenvalue weighted by molar-refractivity contribution is 0.0710. The zero-order chi connectivity index (χ0) is 18.4. The number of carbonyl (C=O) groups is 1. The predicted molar refractivity (Wildman–Crippen MR) is 104 cm³/mol. The summed E-state index contributed by atoms with van der Waals surface area (Å²) in [5, 5.41) is 4.35. The smallest absolute Gasteiger partial charge is 0.263 e. The van der Waals surface area contributed by atoms with Crippen LogP contribution in [-0.4, -0.2) is 43.5 Å². The SMILES string of the molecule is Cc1cc(C2CCCN(C(=O)c3cc4c(s3)CCCC4)C2)n2ncnc2n1. The highest BCUT2D eigenvalue weighted by molar-refractivity contribution is 7.14. The van der Waals surface area contributed by atoms with Gasteiger partial charge in [0.25, 0.3) is 11.7 Å². The van der Waals surface area contributed by atoms with Gasteiger partial charge in [0.1, 0.15) is 6.33 Å². The first kappa shape index (κ1) is 16.9. The summed E-state index contributed by atoms with van der Waals surface area (Å²) in [4.78, 5) is 26.2. The van der Waals surface area contributed by atoms with Crippen molar-refractivity contribution in [3.05, 3.63) is 45.2 Å².